The van der Waals surface area contributed by atoms with E-state index in [1.807, 2.05) is 48.2 Å². The predicted molar refractivity (Wildman–Crippen MR) is 90.1 cm³/mol. The Bertz CT molecular complexity index is 694. The normalized spacial score (nSPS) is 17.8. The number of hydrogen-bond acceptors (Lipinski definition) is 4. The van der Waals surface area contributed by atoms with Gasteiger partial charge >= 0.3 is 0 Å². The quantitative estimate of drug-likeness (QED) is 0.846. The van der Waals surface area contributed by atoms with Gasteiger partial charge in [-0.1, -0.05) is 25.1 Å². The van der Waals surface area contributed by atoms with Crippen LogP contribution in [0.25, 0.3) is 0 Å². The van der Waals surface area contributed by atoms with Crippen molar-refractivity contribution in [3.8, 4) is 5.75 Å². The van der Waals surface area contributed by atoms with E-state index in [4.69, 9.17) is 13.9 Å². The summed E-state index contributed by atoms with van der Waals surface area (Å²) in [6.07, 6.45) is 1.14. The lowest BCUT2D eigenvalue weighted by molar-refractivity contribution is -0.140. The maximum Gasteiger partial charge on any atom is 0.227 e. The molecule has 0 N–H and O–H groups in total. The van der Waals surface area contributed by atoms with Gasteiger partial charge in [0.25, 0.3) is 0 Å². The molecular weight excluding hydrogens is 306 g/mol. The van der Waals surface area contributed by atoms with Crippen LogP contribution >= 0.6 is 0 Å². The van der Waals surface area contributed by atoms with E-state index in [1.54, 1.807) is 7.11 Å². The number of morpholine rings is 1. The summed E-state index contributed by atoms with van der Waals surface area (Å²) >= 11 is 0. The molecule has 128 valence electrons. The van der Waals surface area contributed by atoms with Crippen molar-refractivity contribution in [1.29, 1.82) is 0 Å². The fourth-order valence-electron chi connectivity index (χ4n) is 3.01. The summed E-state index contributed by atoms with van der Waals surface area (Å²) in [5.74, 6) is 2.51. The molecule has 5 nitrogen and oxygen atoms in total. The molecule has 1 aromatic heterocycles. The summed E-state index contributed by atoms with van der Waals surface area (Å²) in [7, 11) is 1.62. The first kappa shape index (κ1) is 16.6. The second kappa shape index (κ2) is 7.53. The molecule has 1 aliphatic heterocycles. The van der Waals surface area contributed by atoms with Crippen LogP contribution in [0.2, 0.25) is 0 Å². The second-order valence-electron chi connectivity index (χ2n) is 5.82. The van der Waals surface area contributed by atoms with E-state index < -0.39 is 0 Å². The molecule has 1 unspecified atom stereocenters. The van der Waals surface area contributed by atoms with E-state index in [0.717, 1.165) is 29.3 Å². The summed E-state index contributed by atoms with van der Waals surface area (Å²) in [4.78, 5) is 14.7. The zero-order chi connectivity index (χ0) is 16.9. The van der Waals surface area contributed by atoms with Gasteiger partial charge in [0.05, 0.1) is 26.7 Å². The van der Waals surface area contributed by atoms with Crippen molar-refractivity contribution in [1.82, 2.24) is 4.90 Å². The Morgan fingerprint density at radius 1 is 1.29 bits per heavy atom. The standard InChI is InChI=1S/C19H23NO4/c1-3-15-8-9-18(24-15)16-13-23-11-10-20(16)19(21)12-14-6-4-5-7-17(14)22-2/h4-9,16H,3,10-13H2,1-2H3. The van der Waals surface area contributed by atoms with Gasteiger partial charge < -0.3 is 18.8 Å². The molecule has 24 heavy (non-hydrogen) atoms. The van der Waals surface area contributed by atoms with Crippen LogP contribution in [0.1, 0.15) is 30.0 Å². The van der Waals surface area contributed by atoms with E-state index in [9.17, 15) is 4.79 Å². The lowest BCUT2D eigenvalue weighted by Gasteiger charge is -2.34. The zero-order valence-electron chi connectivity index (χ0n) is 14.2. The average Bonchev–Trinajstić information content (AvgIpc) is 3.11. The maximum atomic E-state index is 12.9. The number of aryl methyl sites for hydroxylation is 1. The van der Waals surface area contributed by atoms with E-state index in [1.165, 1.54) is 0 Å². The Morgan fingerprint density at radius 2 is 2.12 bits per heavy atom. The van der Waals surface area contributed by atoms with Crippen molar-refractivity contribution in [2.45, 2.75) is 25.8 Å². The monoisotopic (exact) mass is 329 g/mol. The van der Waals surface area contributed by atoms with Crippen LogP contribution < -0.4 is 4.74 Å². The Morgan fingerprint density at radius 3 is 2.88 bits per heavy atom. The fourth-order valence-corrected chi connectivity index (χ4v) is 3.01. The van der Waals surface area contributed by atoms with Crippen LogP contribution in [-0.4, -0.2) is 37.7 Å². The molecule has 1 aliphatic rings. The van der Waals surface area contributed by atoms with Crippen LogP contribution in [0.4, 0.5) is 0 Å². The Kier molecular flexibility index (Phi) is 5.20. The van der Waals surface area contributed by atoms with Gasteiger partial charge in [-0.3, -0.25) is 4.79 Å². The summed E-state index contributed by atoms with van der Waals surface area (Å²) in [5, 5.41) is 0. The van der Waals surface area contributed by atoms with Crippen molar-refractivity contribution in [3.05, 3.63) is 53.5 Å². The minimum atomic E-state index is -0.166. The molecule has 2 heterocycles. The molecule has 1 saturated heterocycles. The number of benzene rings is 1. The van der Waals surface area contributed by atoms with Crippen LogP contribution in [0.3, 0.4) is 0 Å². The molecule has 0 radical (unpaired) electrons. The molecule has 5 heteroatoms. The highest BCUT2D eigenvalue weighted by atomic mass is 16.5. The number of rotatable bonds is 5. The third-order valence-electron chi connectivity index (χ3n) is 4.34. The number of amides is 1. The number of carbonyl (C=O) groups is 1. The second-order valence-corrected chi connectivity index (χ2v) is 5.82. The first-order chi connectivity index (χ1) is 11.7. The van der Waals surface area contributed by atoms with Crippen LogP contribution in [0.5, 0.6) is 5.75 Å². The SMILES string of the molecule is CCc1ccc(C2COCCN2C(=O)Cc2ccccc2OC)o1. The Balaban J connectivity index is 1.78. The number of nitrogens with zero attached hydrogens (tertiary/aromatic N) is 1. The summed E-state index contributed by atoms with van der Waals surface area (Å²) < 4.78 is 16.8. The molecule has 0 bridgehead atoms. The van der Waals surface area contributed by atoms with Crippen molar-refractivity contribution in [2.24, 2.45) is 0 Å². The zero-order valence-corrected chi connectivity index (χ0v) is 14.2. The Hall–Kier alpha value is -2.27. The van der Waals surface area contributed by atoms with E-state index in [2.05, 4.69) is 0 Å². The van der Waals surface area contributed by atoms with Crippen molar-refractivity contribution < 1.29 is 18.7 Å². The van der Waals surface area contributed by atoms with Gasteiger partial charge in [-0.15, -0.1) is 0 Å². The van der Waals surface area contributed by atoms with Crippen molar-refractivity contribution in [3.63, 3.8) is 0 Å². The minimum absolute atomic E-state index is 0.0576. The topological polar surface area (TPSA) is 51.9 Å². The highest BCUT2D eigenvalue weighted by Gasteiger charge is 2.31. The first-order valence-corrected chi connectivity index (χ1v) is 8.30. The number of ether oxygens (including phenoxy) is 2. The number of para-hydroxylation sites is 1. The molecule has 1 fully saturated rings. The fraction of sp³-hybridized carbons (Fsp3) is 0.421. The third-order valence-corrected chi connectivity index (χ3v) is 4.34. The van der Waals surface area contributed by atoms with Gasteiger partial charge in [-0.25, -0.2) is 0 Å². The largest absolute Gasteiger partial charge is 0.496 e. The number of methoxy groups -OCH3 is 1. The summed E-state index contributed by atoms with van der Waals surface area (Å²) in [5.41, 5.74) is 0.893. The highest BCUT2D eigenvalue weighted by molar-refractivity contribution is 5.80. The van der Waals surface area contributed by atoms with E-state index in [0.29, 0.717) is 26.2 Å². The third kappa shape index (κ3) is 3.46. The van der Waals surface area contributed by atoms with Crippen molar-refractivity contribution >= 4 is 5.91 Å². The first-order valence-electron chi connectivity index (χ1n) is 8.30. The molecular formula is C19H23NO4. The van der Waals surface area contributed by atoms with Crippen LogP contribution in [0.15, 0.2) is 40.8 Å². The summed E-state index contributed by atoms with van der Waals surface area (Å²) in [6.45, 7) is 3.63. The number of hydrogen-bond donors (Lipinski definition) is 0. The lowest BCUT2D eigenvalue weighted by atomic mass is 10.1. The molecule has 0 saturated carbocycles. The number of carbonyl (C=O) groups excluding carboxylic acids is 1. The molecule has 0 spiro atoms. The van der Waals surface area contributed by atoms with Gasteiger partial charge in [0.15, 0.2) is 0 Å². The molecule has 0 aliphatic carbocycles. The van der Waals surface area contributed by atoms with Gasteiger partial charge in [0.2, 0.25) is 5.91 Å². The Labute approximate surface area is 142 Å². The maximum absolute atomic E-state index is 12.9. The molecule has 2 aromatic rings. The lowest BCUT2D eigenvalue weighted by Crippen LogP contribution is -2.44. The number of furan rings is 1. The molecule has 1 aromatic carbocycles. The van der Waals surface area contributed by atoms with E-state index in [-0.39, 0.29) is 11.9 Å². The molecule has 1 amide bonds. The van der Waals surface area contributed by atoms with Gasteiger partial charge in [-0.05, 0) is 18.2 Å². The smallest absolute Gasteiger partial charge is 0.227 e. The van der Waals surface area contributed by atoms with Gasteiger partial charge in [-0.2, -0.15) is 0 Å². The van der Waals surface area contributed by atoms with Crippen LogP contribution in [0, 0.1) is 0 Å². The van der Waals surface area contributed by atoms with Gasteiger partial charge in [0, 0.05) is 18.5 Å². The predicted octanol–water partition coefficient (Wildman–Crippen LogP) is 2.99. The van der Waals surface area contributed by atoms with Gasteiger partial charge in [0.1, 0.15) is 23.3 Å². The van der Waals surface area contributed by atoms with E-state index >= 15 is 0 Å². The highest BCUT2D eigenvalue weighted by Crippen LogP contribution is 2.28. The summed E-state index contributed by atoms with van der Waals surface area (Å²) in [6, 6.07) is 11.4. The minimum Gasteiger partial charge on any atom is -0.496 e. The molecule has 1 atom stereocenters. The molecule has 3 rings (SSSR count). The van der Waals surface area contributed by atoms with Crippen LogP contribution in [-0.2, 0) is 22.4 Å². The van der Waals surface area contributed by atoms with Crippen molar-refractivity contribution in [2.75, 3.05) is 26.9 Å². The average molecular weight is 329 g/mol.